The molecule has 0 aliphatic heterocycles. The van der Waals surface area contributed by atoms with Crippen molar-refractivity contribution in [2.45, 2.75) is 0 Å². The van der Waals surface area contributed by atoms with Gasteiger partial charge in [-0.15, -0.1) is 0 Å². The summed E-state index contributed by atoms with van der Waals surface area (Å²) >= 11 is 0. The average Bonchev–Trinajstić information content (AvgIpc) is 2.27. The summed E-state index contributed by atoms with van der Waals surface area (Å²) in [7, 11) is 0. The van der Waals surface area contributed by atoms with E-state index in [1.807, 2.05) is 0 Å². The SMILES string of the molecule is O=Cc1cc2cc(F)c(O)c(F)c2oc1=O. The van der Waals surface area contributed by atoms with Crippen molar-refractivity contribution < 1.29 is 23.1 Å². The third kappa shape index (κ3) is 1.35. The summed E-state index contributed by atoms with van der Waals surface area (Å²) < 4.78 is 30.7. The monoisotopic (exact) mass is 226 g/mol. The minimum atomic E-state index is -1.37. The standard InChI is InChI=1S/C10H4F2O4/c11-6-2-4-1-5(3-13)10(15)16-9(4)7(12)8(6)14/h1-3,14H. The normalized spacial score (nSPS) is 10.6. The van der Waals surface area contributed by atoms with E-state index in [1.165, 1.54) is 0 Å². The fourth-order valence-electron chi connectivity index (χ4n) is 1.28. The van der Waals surface area contributed by atoms with Crippen molar-refractivity contribution in [2.75, 3.05) is 0 Å². The Labute approximate surface area is 86.7 Å². The number of hydrogen-bond acceptors (Lipinski definition) is 4. The van der Waals surface area contributed by atoms with Crippen LogP contribution in [0.3, 0.4) is 0 Å². The van der Waals surface area contributed by atoms with Gasteiger partial charge in [0.15, 0.2) is 23.4 Å². The van der Waals surface area contributed by atoms with Crippen molar-refractivity contribution in [3.8, 4) is 5.75 Å². The molecule has 0 saturated carbocycles. The molecule has 2 aromatic rings. The van der Waals surface area contributed by atoms with E-state index in [1.54, 1.807) is 0 Å². The number of aromatic hydroxyl groups is 1. The van der Waals surface area contributed by atoms with Crippen LogP contribution in [0.15, 0.2) is 21.3 Å². The highest BCUT2D eigenvalue weighted by atomic mass is 19.1. The Bertz CT molecular complexity index is 645. The van der Waals surface area contributed by atoms with Gasteiger partial charge in [0.1, 0.15) is 5.56 Å². The van der Waals surface area contributed by atoms with Crippen LogP contribution in [0, 0.1) is 11.6 Å². The van der Waals surface area contributed by atoms with Crippen molar-refractivity contribution in [1.82, 2.24) is 0 Å². The first-order valence-corrected chi connectivity index (χ1v) is 4.14. The first-order valence-electron chi connectivity index (χ1n) is 4.14. The minimum Gasteiger partial charge on any atom is -0.503 e. The fourth-order valence-corrected chi connectivity index (χ4v) is 1.28. The van der Waals surface area contributed by atoms with Crippen molar-refractivity contribution in [2.24, 2.45) is 0 Å². The molecule has 0 radical (unpaired) electrons. The molecule has 0 aliphatic carbocycles. The predicted octanol–water partition coefficient (Wildman–Crippen LogP) is 1.59. The Morgan fingerprint density at radius 3 is 2.62 bits per heavy atom. The first-order chi connectivity index (χ1) is 7.54. The molecule has 0 aliphatic rings. The number of rotatable bonds is 1. The van der Waals surface area contributed by atoms with E-state index in [-0.39, 0.29) is 17.2 Å². The Kier molecular flexibility index (Phi) is 2.19. The van der Waals surface area contributed by atoms with Crippen molar-refractivity contribution in [3.63, 3.8) is 0 Å². The molecule has 2 rings (SSSR count). The molecule has 0 spiro atoms. The van der Waals surface area contributed by atoms with E-state index in [4.69, 9.17) is 5.11 Å². The Morgan fingerprint density at radius 1 is 1.31 bits per heavy atom. The summed E-state index contributed by atoms with van der Waals surface area (Å²) in [5.41, 5.74) is -1.99. The zero-order valence-electron chi connectivity index (χ0n) is 7.66. The highest BCUT2D eigenvalue weighted by Gasteiger charge is 2.16. The quantitative estimate of drug-likeness (QED) is 0.592. The van der Waals surface area contributed by atoms with Gasteiger partial charge in [0.25, 0.3) is 0 Å². The number of carbonyl (C=O) groups is 1. The lowest BCUT2D eigenvalue weighted by Crippen LogP contribution is -2.06. The molecular formula is C10H4F2O4. The van der Waals surface area contributed by atoms with Gasteiger partial charge in [0.2, 0.25) is 5.82 Å². The molecule has 0 unspecified atom stereocenters. The van der Waals surface area contributed by atoms with Crippen molar-refractivity contribution in [3.05, 3.63) is 39.8 Å². The molecule has 0 bridgehead atoms. The van der Waals surface area contributed by atoms with E-state index in [2.05, 4.69) is 4.42 Å². The first kappa shape index (κ1) is 10.3. The van der Waals surface area contributed by atoms with E-state index >= 15 is 0 Å². The predicted molar refractivity (Wildman–Crippen MR) is 49.5 cm³/mol. The maximum absolute atomic E-state index is 13.3. The lowest BCUT2D eigenvalue weighted by atomic mass is 10.1. The molecule has 1 heterocycles. The number of phenolic OH excluding ortho intramolecular Hbond substituents is 1. The molecular weight excluding hydrogens is 222 g/mol. The van der Waals surface area contributed by atoms with Crippen molar-refractivity contribution >= 4 is 17.3 Å². The van der Waals surface area contributed by atoms with Crippen LogP contribution in [-0.4, -0.2) is 11.4 Å². The number of aldehydes is 1. The molecule has 4 nitrogen and oxygen atoms in total. The van der Waals surface area contributed by atoms with Crippen molar-refractivity contribution in [1.29, 1.82) is 0 Å². The maximum atomic E-state index is 13.3. The number of halogens is 2. The molecule has 0 saturated heterocycles. The van der Waals surface area contributed by atoms with E-state index in [0.29, 0.717) is 0 Å². The molecule has 16 heavy (non-hydrogen) atoms. The van der Waals surface area contributed by atoms with Gasteiger partial charge in [0.05, 0.1) is 0 Å². The van der Waals surface area contributed by atoms with Gasteiger partial charge in [-0.2, -0.15) is 4.39 Å². The number of carbonyl (C=O) groups excluding carboxylic acids is 1. The summed E-state index contributed by atoms with van der Waals surface area (Å²) in [6.07, 6.45) is 0.216. The molecule has 1 N–H and O–H groups in total. The highest BCUT2D eigenvalue weighted by molar-refractivity contribution is 5.85. The smallest absolute Gasteiger partial charge is 0.347 e. The van der Waals surface area contributed by atoms with Crippen LogP contribution in [0.2, 0.25) is 0 Å². The van der Waals surface area contributed by atoms with Gasteiger partial charge in [-0.25, -0.2) is 9.18 Å². The minimum absolute atomic E-state index is 0.116. The third-order valence-corrected chi connectivity index (χ3v) is 2.05. The zero-order valence-corrected chi connectivity index (χ0v) is 7.66. The van der Waals surface area contributed by atoms with Gasteiger partial charge < -0.3 is 9.52 Å². The largest absolute Gasteiger partial charge is 0.503 e. The molecule has 1 aromatic heterocycles. The molecule has 0 amide bonds. The van der Waals surface area contributed by atoms with E-state index in [9.17, 15) is 18.4 Å². The topological polar surface area (TPSA) is 67.5 Å². The molecule has 0 fully saturated rings. The average molecular weight is 226 g/mol. The Hall–Kier alpha value is -2.24. The third-order valence-electron chi connectivity index (χ3n) is 2.05. The van der Waals surface area contributed by atoms with E-state index < -0.39 is 28.6 Å². The van der Waals surface area contributed by atoms with Crippen LogP contribution < -0.4 is 5.63 Å². The second-order valence-corrected chi connectivity index (χ2v) is 3.05. The summed E-state index contributed by atoms with van der Waals surface area (Å²) in [6.45, 7) is 0. The van der Waals surface area contributed by atoms with Gasteiger partial charge in [0, 0.05) is 5.39 Å². The second kappa shape index (κ2) is 3.41. The number of fused-ring (bicyclic) bond motifs is 1. The van der Waals surface area contributed by atoms with Crippen LogP contribution in [-0.2, 0) is 0 Å². The molecule has 82 valence electrons. The lowest BCUT2D eigenvalue weighted by Gasteiger charge is -2.01. The molecule has 0 atom stereocenters. The number of hydrogen-bond donors (Lipinski definition) is 1. The number of benzene rings is 1. The molecule has 6 heteroatoms. The summed E-state index contributed by atoms with van der Waals surface area (Å²) in [5, 5.41) is 8.82. The summed E-state index contributed by atoms with van der Waals surface area (Å²) in [5.74, 6) is -3.80. The summed E-state index contributed by atoms with van der Waals surface area (Å²) in [6, 6.07) is 1.75. The second-order valence-electron chi connectivity index (χ2n) is 3.05. The zero-order chi connectivity index (χ0) is 11.9. The van der Waals surface area contributed by atoms with Crippen LogP contribution in [0.5, 0.6) is 5.75 Å². The lowest BCUT2D eigenvalue weighted by molar-refractivity contribution is 0.112. The molecule has 1 aromatic carbocycles. The maximum Gasteiger partial charge on any atom is 0.347 e. The fraction of sp³-hybridized carbons (Fsp3) is 0. The van der Waals surface area contributed by atoms with Gasteiger partial charge >= 0.3 is 5.63 Å². The van der Waals surface area contributed by atoms with Crippen LogP contribution >= 0.6 is 0 Å². The van der Waals surface area contributed by atoms with E-state index in [0.717, 1.165) is 12.1 Å². The Morgan fingerprint density at radius 2 is 2.00 bits per heavy atom. The van der Waals surface area contributed by atoms with Gasteiger partial charge in [-0.3, -0.25) is 4.79 Å². The summed E-state index contributed by atoms with van der Waals surface area (Å²) in [4.78, 5) is 21.5. The Balaban J connectivity index is 2.97. The van der Waals surface area contributed by atoms with Crippen LogP contribution in [0.4, 0.5) is 8.78 Å². The van der Waals surface area contributed by atoms with Crippen LogP contribution in [0.1, 0.15) is 10.4 Å². The van der Waals surface area contributed by atoms with Gasteiger partial charge in [-0.05, 0) is 12.1 Å². The van der Waals surface area contributed by atoms with Crippen LogP contribution in [0.25, 0.3) is 11.0 Å². The number of phenols is 1. The van der Waals surface area contributed by atoms with Gasteiger partial charge in [-0.1, -0.05) is 0 Å². The highest BCUT2D eigenvalue weighted by Crippen LogP contribution is 2.27.